The van der Waals surface area contributed by atoms with Crippen molar-refractivity contribution in [3.05, 3.63) is 42.5 Å². The fourth-order valence-electron chi connectivity index (χ4n) is 4.30. The highest BCUT2D eigenvalue weighted by Gasteiger charge is 2.42. The second-order valence-electron chi connectivity index (χ2n) is 7.04. The van der Waals surface area contributed by atoms with E-state index in [1.807, 2.05) is 4.68 Å². The largest absolute Gasteiger partial charge is 0.391 e. The standard InChI is InChI=1S/C18H24N4OS/c1-24-16-4-2-13(3-5-16)8-21-9-14-6-17(22-12-19-11-20-22)18(23)7-15(14)10-21/h2-5,11-12,14-15,17-18,23H,6-10H2,1H3/t14-,15+,17-,18-/m1/s1. The zero-order valence-electron chi connectivity index (χ0n) is 14.0. The molecule has 1 aliphatic heterocycles. The molecule has 4 atom stereocenters. The zero-order valence-corrected chi connectivity index (χ0v) is 14.8. The molecule has 2 aliphatic rings. The highest BCUT2D eigenvalue weighted by atomic mass is 32.2. The van der Waals surface area contributed by atoms with Crippen molar-refractivity contribution in [1.82, 2.24) is 19.7 Å². The average Bonchev–Trinajstić information content (AvgIpc) is 3.23. The molecule has 4 rings (SSSR count). The Bertz CT molecular complexity index is 660. The van der Waals surface area contributed by atoms with Gasteiger partial charge in [0.1, 0.15) is 12.7 Å². The van der Waals surface area contributed by atoms with Gasteiger partial charge in [-0.3, -0.25) is 4.90 Å². The molecule has 5 nitrogen and oxygen atoms in total. The fourth-order valence-corrected chi connectivity index (χ4v) is 4.70. The summed E-state index contributed by atoms with van der Waals surface area (Å²) in [4.78, 5) is 7.88. The maximum absolute atomic E-state index is 10.5. The maximum atomic E-state index is 10.5. The third-order valence-electron chi connectivity index (χ3n) is 5.53. The lowest BCUT2D eigenvalue weighted by Gasteiger charge is -2.35. The number of nitrogens with zero attached hydrogens (tertiary/aromatic N) is 4. The summed E-state index contributed by atoms with van der Waals surface area (Å²) in [6.45, 7) is 3.22. The van der Waals surface area contributed by atoms with Crippen LogP contribution in [0.3, 0.4) is 0 Å². The first-order valence-electron chi connectivity index (χ1n) is 8.60. The fraction of sp³-hybridized carbons (Fsp3) is 0.556. The van der Waals surface area contributed by atoms with Crippen LogP contribution in [0, 0.1) is 11.8 Å². The number of hydrogen-bond donors (Lipinski definition) is 1. The van der Waals surface area contributed by atoms with E-state index in [2.05, 4.69) is 45.5 Å². The van der Waals surface area contributed by atoms with Gasteiger partial charge in [-0.2, -0.15) is 5.10 Å². The van der Waals surface area contributed by atoms with Crippen LogP contribution in [-0.2, 0) is 6.54 Å². The molecule has 2 fully saturated rings. The van der Waals surface area contributed by atoms with Crippen LogP contribution in [0.1, 0.15) is 24.4 Å². The minimum absolute atomic E-state index is 0.0783. The number of aliphatic hydroxyl groups is 1. The molecule has 2 heterocycles. The molecule has 2 aromatic rings. The van der Waals surface area contributed by atoms with Crippen molar-refractivity contribution < 1.29 is 5.11 Å². The van der Waals surface area contributed by atoms with Crippen LogP contribution in [-0.4, -0.2) is 50.2 Å². The molecular weight excluding hydrogens is 320 g/mol. The third-order valence-corrected chi connectivity index (χ3v) is 6.27. The average molecular weight is 344 g/mol. The minimum Gasteiger partial charge on any atom is -0.391 e. The van der Waals surface area contributed by atoms with Crippen LogP contribution in [0.25, 0.3) is 0 Å². The Hall–Kier alpha value is -1.37. The number of thioether (sulfide) groups is 1. The SMILES string of the molecule is CSc1ccc(CN2C[C@H]3C[C@@H](n4cncn4)[C@H](O)C[C@H]3C2)cc1. The Kier molecular flexibility index (Phi) is 4.61. The van der Waals surface area contributed by atoms with Gasteiger partial charge >= 0.3 is 0 Å². The predicted octanol–water partition coefficient (Wildman–Crippen LogP) is 2.44. The third kappa shape index (κ3) is 3.23. The second-order valence-corrected chi connectivity index (χ2v) is 7.92. The van der Waals surface area contributed by atoms with Crippen molar-refractivity contribution in [1.29, 1.82) is 0 Å². The number of hydrogen-bond acceptors (Lipinski definition) is 5. The van der Waals surface area contributed by atoms with Gasteiger partial charge in [0, 0.05) is 24.5 Å². The lowest BCUT2D eigenvalue weighted by molar-refractivity contribution is 0.0304. The van der Waals surface area contributed by atoms with Gasteiger partial charge < -0.3 is 5.11 Å². The van der Waals surface area contributed by atoms with Crippen molar-refractivity contribution >= 4 is 11.8 Å². The van der Waals surface area contributed by atoms with Gasteiger partial charge in [-0.1, -0.05) is 12.1 Å². The second kappa shape index (κ2) is 6.86. The topological polar surface area (TPSA) is 54.2 Å². The number of benzene rings is 1. The molecular formula is C18H24N4OS. The summed E-state index contributed by atoms with van der Waals surface area (Å²) in [5.74, 6) is 1.25. The van der Waals surface area contributed by atoms with Gasteiger partial charge in [0.15, 0.2) is 0 Å². The molecule has 0 unspecified atom stereocenters. The number of fused-ring (bicyclic) bond motifs is 1. The Morgan fingerprint density at radius 1 is 1.17 bits per heavy atom. The molecule has 1 N–H and O–H groups in total. The molecule has 1 saturated carbocycles. The van der Waals surface area contributed by atoms with E-state index >= 15 is 0 Å². The number of aliphatic hydroxyl groups excluding tert-OH is 1. The summed E-state index contributed by atoms with van der Waals surface area (Å²) in [7, 11) is 0. The van der Waals surface area contributed by atoms with Gasteiger partial charge in [0.25, 0.3) is 0 Å². The Balaban J connectivity index is 1.40. The van der Waals surface area contributed by atoms with E-state index in [-0.39, 0.29) is 12.1 Å². The molecule has 24 heavy (non-hydrogen) atoms. The molecule has 1 aromatic heterocycles. The molecule has 128 valence electrons. The van der Waals surface area contributed by atoms with Crippen molar-refractivity contribution in [3.8, 4) is 0 Å². The number of aromatic nitrogens is 3. The van der Waals surface area contributed by atoms with E-state index in [0.29, 0.717) is 11.8 Å². The molecule has 1 aromatic carbocycles. The lowest BCUT2D eigenvalue weighted by atomic mass is 9.77. The first-order valence-corrected chi connectivity index (χ1v) is 9.83. The summed E-state index contributed by atoms with van der Waals surface area (Å²) in [6, 6.07) is 8.96. The van der Waals surface area contributed by atoms with Crippen LogP contribution >= 0.6 is 11.8 Å². The molecule has 0 bridgehead atoms. The Labute approximate surface area is 147 Å². The van der Waals surface area contributed by atoms with Crippen molar-refractivity contribution in [2.75, 3.05) is 19.3 Å². The van der Waals surface area contributed by atoms with Crippen LogP contribution in [0.2, 0.25) is 0 Å². The maximum Gasteiger partial charge on any atom is 0.137 e. The monoisotopic (exact) mass is 344 g/mol. The van der Waals surface area contributed by atoms with Crippen LogP contribution < -0.4 is 0 Å². The summed E-state index contributed by atoms with van der Waals surface area (Å²) in [5.41, 5.74) is 1.37. The lowest BCUT2D eigenvalue weighted by Crippen LogP contribution is -2.36. The smallest absolute Gasteiger partial charge is 0.137 e. The molecule has 0 spiro atoms. The van der Waals surface area contributed by atoms with E-state index in [1.165, 1.54) is 10.5 Å². The van der Waals surface area contributed by atoms with E-state index < -0.39 is 0 Å². The van der Waals surface area contributed by atoms with Crippen molar-refractivity contribution in [2.24, 2.45) is 11.8 Å². The van der Waals surface area contributed by atoms with Gasteiger partial charge in [0.05, 0.1) is 12.1 Å². The molecule has 6 heteroatoms. The highest BCUT2D eigenvalue weighted by molar-refractivity contribution is 7.98. The van der Waals surface area contributed by atoms with Gasteiger partial charge in [0.2, 0.25) is 0 Å². The quantitative estimate of drug-likeness (QED) is 0.864. The zero-order chi connectivity index (χ0) is 16.5. The number of rotatable bonds is 4. The Morgan fingerprint density at radius 2 is 1.92 bits per heavy atom. The first-order chi connectivity index (χ1) is 11.7. The summed E-state index contributed by atoms with van der Waals surface area (Å²) in [6.07, 6.45) is 6.95. The predicted molar refractivity (Wildman–Crippen MR) is 94.8 cm³/mol. The summed E-state index contributed by atoms with van der Waals surface area (Å²) in [5, 5.41) is 14.7. The van der Waals surface area contributed by atoms with E-state index in [4.69, 9.17) is 0 Å². The van der Waals surface area contributed by atoms with E-state index in [1.54, 1.807) is 24.4 Å². The van der Waals surface area contributed by atoms with Crippen LogP contribution in [0.4, 0.5) is 0 Å². The molecule has 0 radical (unpaired) electrons. The highest BCUT2D eigenvalue weighted by Crippen LogP contribution is 2.41. The van der Waals surface area contributed by atoms with Crippen LogP contribution in [0.5, 0.6) is 0 Å². The minimum atomic E-state index is -0.311. The summed E-state index contributed by atoms with van der Waals surface area (Å²) < 4.78 is 1.84. The van der Waals surface area contributed by atoms with Crippen LogP contribution in [0.15, 0.2) is 41.8 Å². The normalized spacial score (nSPS) is 30.4. The summed E-state index contributed by atoms with van der Waals surface area (Å²) >= 11 is 1.78. The molecule has 1 aliphatic carbocycles. The first kappa shape index (κ1) is 16.1. The van der Waals surface area contributed by atoms with Gasteiger partial charge in [-0.25, -0.2) is 9.67 Å². The van der Waals surface area contributed by atoms with Crippen molar-refractivity contribution in [2.45, 2.75) is 36.4 Å². The van der Waals surface area contributed by atoms with Gasteiger partial charge in [-0.15, -0.1) is 11.8 Å². The molecule has 1 saturated heterocycles. The van der Waals surface area contributed by atoms with E-state index in [0.717, 1.165) is 32.5 Å². The van der Waals surface area contributed by atoms with E-state index in [9.17, 15) is 5.11 Å². The molecule has 0 amide bonds. The van der Waals surface area contributed by atoms with Crippen molar-refractivity contribution in [3.63, 3.8) is 0 Å². The van der Waals surface area contributed by atoms with Gasteiger partial charge in [-0.05, 0) is 48.6 Å². The number of likely N-dealkylation sites (tertiary alicyclic amines) is 1. The Morgan fingerprint density at radius 3 is 2.58 bits per heavy atom.